The minimum atomic E-state index is -0.0721. The van der Waals surface area contributed by atoms with E-state index in [-0.39, 0.29) is 5.91 Å². The van der Waals surface area contributed by atoms with Crippen molar-refractivity contribution >= 4 is 56.1 Å². The van der Waals surface area contributed by atoms with Crippen molar-refractivity contribution in [1.29, 1.82) is 0 Å². The van der Waals surface area contributed by atoms with Crippen LogP contribution in [0.5, 0.6) is 0 Å². The van der Waals surface area contributed by atoms with E-state index < -0.39 is 0 Å². The highest BCUT2D eigenvalue weighted by Gasteiger charge is 2.11. The Balaban J connectivity index is 1.55. The number of carbonyl (C=O) groups is 1. The number of hydrogen-bond acceptors (Lipinski definition) is 4. The first-order chi connectivity index (χ1) is 12.2. The topological polar surface area (TPSA) is 42.0 Å². The van der Waals surface area contributed by atoms with Crippen LogP contribution >= 0.6 is 34.3 Å². The highest BCUT2D eigenvalue weighted by molar-refractivity contribution is 7.21. The number of hydrogen-bond donors (Lipinski definition) is 1. The lowest BCUT2D eigenvalue weighted by molar-refractivity contribution is -0.115. The minimum absolute atomic E-state index is 0.0721. The van der Waals surface area contributed by atoms with Crippen LogP contribution in [-0.2, 0) is 11.2 Å². The molecule has 4 rings (SSSR count). The van der Waals surface area contributed by atoms with Crippen LogP contribution in [0, 0.1) is 0 Å². The third-order valence-corrected chi connectivity index (χ3v) is 5.97. The van der Waals surface area contributed by atoms with E-state index in [1.165, 1.54) is 0 Å². The van der Waals surface area contributed by atoms with E-state index in [1.54, 1.807) is 22.7 Å². The van der Waals surface area contributed by atoms with Gasteiger partial charge in [0.1, 0.15) is 5.01 Å². The smallest absolute Gasteiger partial charge is 0.229 e. The molecule has 4 aromatic rings. The molecule has 0 atom stereocenters. The van der Waals surface area contributed by atoms with Gasteiger partial charge in [0.2, 0.25) is 5.91 Å². The summed E-state index contributed by atoms with van der Waals surface area (Å²) in [6.07, 6.45) is 0.355. The Bertz CT molecular complexity index is 1010. The number of benzene rings is 2. The summed E-state index contributed by atoms with van der Waals surface area (Å²) in [7, 11) is 0. The predicted octanol–water partition coefficient (Wildman–Crippen LogP) is 5.86. The molecular formula is C19H13ClN2OS2. The molecule has 2 aromatic heterocycles. The molecule has 0 bridgehead atoms. The van der Waals surface area contributed by atoms with E-state index in [0.29, 0.717) is 17.1 Å². The second-order valence-corrected chi connectivity index (χ2v) is 7.96. The third-order valence-electron chi connectivity index (χ3n) is 3.70. The van der Waals surface area contributed by atoms with E-state index in [1.807, 2.05) is 53.9 Å². The molecule has 0 spiro atoms. The number of thiophene rings is 1. The molecule has 1 N–H and O–H groups in total. The lowest BCUT2D eigenvalue weighted by atomic mass is 10.2. The quantitative estimate of drug-likeness (QED) is 0.478. The second-order valence-electron chi connectivity index (χ2n) is 5.49. The van der Waals surface area contributed by atoms with Crippen molar-refractivity contribution in [1.82, 2.24) is 4.98 Å². The average molecular weight is 385 g/mol. The molecule has 2 aromatic carbocycles. The van der Waals surface area contributed by atoms with Gasteiger partial charge in [-0.05, 0) is 41.8 Å². The molecule has 0 radical (unpaired) electrons. The Hall–Kier alpha value is -2.21. The van der Waals surface area contributed by atoms with E-state index in [2.05, 4.69) is 16.4 Å². The number of nitrogens with one attached hydrogen (secondary N) is 1. The van der Waals surface area contributed by atoms with Crippen molar-refractivity contribution in [2.45, 2.75) is 6.42 Å². The molecule has 1 amide bonds. The van der Waals surface area contributed by atoms with Crippen molar-refractivity contribution in [3.63, 3.8) is 0 Å². The predicted molar refractivity (Wildman–Crippen MR) is 107 cm³/mol. The molecule has 0 unspecified atom stereocenters. The number of rotatable bonds is 4. The Morgan fingerprint density at radius 1 is 1.12 bits per heavy atom. The van der Waals surface area contributed by atoms with Gasteiger partial charge in [0, 0.05) is 10.4 Å². The maximum Gasteiger partial charge on any atom is 0.229 e. The summed E-state index contributed by atoms with van der Waals surface area (Å²) in [5.41, 5.74) is 2.54. The van der Waals surface area contributed by atoms with Gasteiger partial charge in [0.05, 0.1) is 27.3 Å². The molecule has 6 heteroatoms. The summed E-state index contributed by atoms with van der Waals surface area (Å²) in [6.45, 7) is 0. The number of anilines is 1. The number of thiazole rings is 1. The van der Waals surface area contributed by atoms with Gasteiger partial charge in [0.25, 0.3) is 0 Å². The molecule has 0 aliphatic heterocycles. The van der Waals surface area contributed by atoms with E-state index in [9.17, 15) is 4.79 Å². The SMILES string of the molecule is O=C(Cc1cccs1)Nc1ccc(-c2nc3ccccc3s2)cc1Cl. The highest BCUT2D eigenvalue weighted by atomic mass is 35.5. The lowest BCUT2D eigenvalue weighted by Gasteiger charge is -2.08. The molecule has 25 heavy (non-hydrogen) atoms. The average Bonchev–Trinajstić information content (AvgIpc) is 3.25. The van der Waals surface area contributed by atoms with Crippen LogP contribution in [0.4, 0.5) is 5.69 Å². The molecule has 0 aliphatic rings. The van der Waals surface area contributed by atoms with Gasteiger partial charge in [-0.2, -0.15) is 0 Å². The summed E-state index contributed by atoms with van der Waals surface area (Å²) in [5, 5.41) is 6.26. The maximum atomic E-state index is 12.1. The van der Waals surface area contributed by atoms with E-state index in [4.69, 9.17) is 11.6 Å². The molecule has 0 saturated carbocycles. The molecule has 124 valence electrons. The Kier molecular flexibility index (Phi) is 4.53. The molecule has 0 saturated heterocycles. The van der Waals surface area contributed by atoms with Gasteiger partial charge < -0.3 is 5.32 Å². The largest absolute Gasteiger partial charge is 0.324 e. The van der Waals surface area contributed by atoms with E-state index in [0.717, 1.165) is 25.7 Å². The van der Waals surface area contributed by atoms with Crippen molar-refractivity contribution in [3.05, 3.63) is 69.9 Å². The van der Waals surface area contributed by atoms with Gasteiger partial charge in [-0.3, -0.25) is 4.79 Å². The highest BCUT2D eigenvalue weighted by Crippen LogP contribution is 2.33. The molecular weight excluding hydrogens is 372 g/mol. The molecule has 2 heterocycles. The molecule has 3 nitrogen and oxygen atoms in total. The van der Waals surface area contributed by atoms with Crippen molar-refractivity contribution in [2.24, 2.45) is 0 Å². The third kappa shape index (κ3) is 3.58. The maximum absolute atomic E-state index is 12.1. The van der Waals surface area contributed by atoms with Crippen LogP contribution in [-0.4, -0.2) is 10.9 Å². The fourth-order valence-electron chi connectivity index (χ4n) is 2.51. The fourth-order valence-corrected chi connectivity index (χ4v) is 4.40. The van der Waals surface area contributed by atoms with Gasteiger partial charge in [-0.1, -0.05) is 29.8 Å². The number of aromatic nitrogens is 1. The minimum Gasteiger partial charge on any atom is -0.324 e. The standard InChI is InChI=1S/C19H13ClN2OS2/c20-14-10-12(19-22-16-5-1-2-6-17(16)25-19)7-8-15(14)21-18(23)11-13-4-3-9-24-13/h1-10H,11H2,(H,21,23). The zero-order chi connectivity index (χ0) is 17.2. The molecule has 0 aliphatic carbocycles. The van der Waals surface area contributed by atoms with Crippen molar-refractivity contribution in [3.8, 4) is 10.6 Å². The summed E-state index contributed by atoms with van der Waals surface area (Å²) in [4.78, 5) is 17.8. The number of amides is 1. The summed E-state index contributed by atoms with van der Waals surface area (Å²) in [5.74, 6) is -0.0721. The first-order valence-electron chi connectivity index (χ1n) is 7.67. The van der Waals surface area contributed by atoms with Crippen molar-refractivity contribution in [2.75, 3.05) is 5.32 Å². The Morgan fingerprint density at radius 3 is 2.76 bits per heavy atom. The number of fused-ring (bicyclic) bond motifs is 1. The van der Waals surface area contributed by atoms with Gasteiger partial charge >= 0.3 is 0 Å². The van der Waals surface area contributed by atoms with Crippen LogP contribution in [0.25, 0.3) is 20.8 Å². The lowest BCUT2D eigenvalue weighted by Crippen LogP contribution is -2.13. The zero-order valence-electron chi connectivity index (χ0n) is 13.0. The van der Waals surface area contributed by atoms with Crippen LogP contribution in [0.1, 0.15) is 4.88 Å². The zero-order valence-corrected chi connectivity index (χ0v) is 15.4. The van der Waals surface area contributed by atoms with Crippen LogP contribution in [0.15, 0.2) is 60.0 Å². The summed E-state index contributed by atoms with van der Waals surface area (Å²) < 4.78 is 1.14. The van der Waals surface area contributed by atoms with Crippen molar-refractivity contribution < 1.29 is 4.79 Å². The number of halogens is 1. The van der Waals surface area contributed by atoms with Crippen LogP contribution < -0.4 is 5.32 Å². The van der Waals surface area contributed by atoms with Crippen LogP contribution in [0.3, 0.4) is 0 Å². The van der Waals surface area contributed by atoms with Crippen LogP contribution in [0.2, 0.25) is 5.02 Å². The summed E-state index contributed by atoms with van der Waals surface area (Å²) >= 11 is 9.56. The fraction of sp³-hybridized carbons (Fsp3) is 0.0526. The Labute approximate surface area is 157 Å². The first kappa shape index (κ1) is 16.3. The first-order valence-corrected chi connectivity index (χ1v) is 9.74. The van der Waals surface area contributed by atoms with Gasteiger partial charge in [0.15, 0.2) is 0 Å². The normalized spacial score (nSPS) is 10.9. The number of carbonyl (C=O) groups excluding carboxylic acids is 1. The summed E-state index contributed by atoms with van der Waals surface area (Å²) in [6, 6.07) is 17.5. The molecule has 0 fully saturated rings. The number of para-hydroxylation sites is 1. The van der Waals surface area contributed by atoms with Gasteiger partial charge in [-0.25, -0.2) is 4.98 Å². The van der Waals surface area contributed by atoms with E-state index >= 15 is 0 Å². The Morgan fingerprint density at radius 2 is 2.00 bits per heavy atom. The van der Waals surface area contributed by atoms with Gasteiger partial charge in [-0.15, -0.1) is 22.7 Å². The second kappa shape index (κ2) is 6.96. The number of nitrogens with zero attached hydrogens (tertiary/aromatic N) is 1. The monoisotopic (exact) mass is 384 g/mol.